The largest absolute Gasteiger partial charge is 0.363 e. The molecule has 10 heteroatoms. The zero-order valence-corrected chi connectivity index (χ0v) is 17.5. The predicted molar refractivity (Wildman–Crippen MR) is 107 cm³/mol. The molecule has 1 fully saturated rings. The minimum absolute atomic E-state index is 0.0192. The molecular formula is C18H24N4O4S2. The molecule has 3 rings (SSSR count). The topological polar surface area (TPSA) is 99.7 Å². The molecule has 1 aromatic heterocycles. The van der Waals surface area contributed by atoms with Gasteiger partial charge in [0.2, 0.25) is 20.0 Å². The molecule has 0 spiro atoms. The maximum atomic E-state index is 12.5. The van der Waals surface area contributed by atoms with Crippen molar-refractivity contribution < 1.29 is 16.8 Å². The number of pyridine rings is 1. The lowest BCUT2D eigenvalue weighted by molar-refractivity contribution is 0.477. The van der Waals surface area contributed by atoms with Gasteiger partial charge in [0.25, 0.3) is 0 Å². The fourth-order valence-electron chi connectivity index (χ4n) is 2.92. The third-order valence-electron chi connectivity index (χ3n) is 4.57. The van der Waals surface area contributed by atoms with E-state index in [0.29, 0.717) is 13.1 Å². The summed E-state index contributed by atoms with van der Waals surface area (Å²) in [5, 5.41) is 0. The van der Waals surface area contributed by atoms with Crippen molar-refractivity contribution in [3.63, 3.8) is 0 Å². The molecule has 1 aliphatic rings. The van der Waals surface area contributed by atoms with Gasteiger partial charge in [0.05, 0.1) is 9.79 Å². The van der Waals surface area contributed by atoms with Gasteiger partial charge < -0.3 is 4.90 Å². The zero-order chi connectivity index (χ0) is 20.4. The van der Waals surface area contributed by atoms with E-state index in [1.807, 2.05) is 25.1 Å². The molecule has 8 nitrogen and oxygen atoms in total. The van der Waals surface area contributed by atoms with Gasteiger partial charge in [-0.3, -0.25) is 0 Å². The minimum atomic E-state index is -3.76. The number of benzene rings is 1. The summed E-state index contributed by atoms with van der Waals surface area (Å²) in [5.74, 6) is 0.779. The third-order valence-corrected chi connectivity index (χ3v) is 7.90. The second kappa shape index (κ2) is 8.16. The van der Waals surface area contributed by atoms with Gasteiger partial charge in [-0.25, -0.2) is 26.5 Å². The Balaban J connectivity index is 1.70. The molecule has 1 aromatic carbocycles. The van der Waals surface area contributed by atoms with Crippen molar-refractivity contribution in [2.45, 2.75) is 29.2 Å². The number of rotatable bonds is 7. The van der Waals surface area contributed by atoms with Gasteiger partial charge in [-0.1, -0.05) is 6.07 Å². The Bertz CT molecular complexity index is 1010. The standard InChI is InChI=1S/C18H24N4O4S2/c1-21(2)18-10-5-15(13-19-18)14-20-27(23,24)16-6-8-17(9-7-16)28(25,26)22-11-3-4-12-22/h5-10,13,20H,3-4,11-12,14H2,1-2H3. The molecule has 0 aliphatic carbocycles. The van der Waals surface area contributed by atoms with E-state index in [1.165, 1.54) is 28.6 Å². The zero-order valence-electron chi connectivity index (χ0n) is 15.9. The maximum Gasteiger partial charge on any atom is 0.243 e. The molecule has 0 radical (unpaired) electrons. The normalized spacial score (nSPS) is 15.6. The third kappa shape index (κ3) is 4.52. The Labute approximate surface area is 166 Å². The van der Waals surface area contributed by atoms with Crippen LogP contribution in [0, 0.1) is 0 Å². The summed E-state index contributed by atoms with van der Waals surface area (Å²) in [6.45, 7) is 1.10. The van der Waals surface area contributed by atoms with Gasteiger partial charge in [0.1, 0.15) is 5.82 Å². The van der Waals surface area contributed by atoms with Crippen LogP contribution in [0.15, 0.2) is 52.4 Å². The second-order valence-electron chi connectivity index (χ2n) is 6.83. The van der Waals surface area contributed by atoms with Gasteiger partial charge in [0, 0.05) is 39.9 Å². The van der Waals surface area contributed by atoms with Crippen LogP contribution in [0.5, 0.6) is 0 Å². The summed E-state index contributed by atoms with van der Waals surface area (Å²) in [5.41, 5.74) is 0.724. The Morgan fingerprint density at radius 3 is 2.11 bits per heavy atom. The van der Waals surface area contributed by atoms with Crippen molar-refractivity contribution in [3.05, 3.63) is 48.2 Å². The molecule has 1 saturated heterocycles. The highest BCUT2D eigenvalue weighted by Gasteiger charge is 2.27. The van der Waals surface area contributed by atoms with Crippen molar-refractivity contribution >= 4 is 25.9 Å². The van der Waals surface area contributed by atoms with E-state index >= 15 is 0 Å². The average molecular weight is 425 g/mol. The lowest BCUT2D eigenvalue weighted by Crippen LogP contribution is -2.28. The van der Waals surface area contributed by atoms with E-state index in [1.54, 1.807) is 12.3 Å². The quantitative estimate of drug-likeness (QED) is 0.721. The van der Waals surface area contributed by atoms with Crippen molar-refractivity contribution in [3.8, 4) is 0 Å². The highest BCUT2D eigenvalue weighted by atomic mass is 32.2. The molecular weight excluding hydrogens is 400 g/mol. The summed E-state index contributed by atoms with van der Waals surface area (Å²) in [4.78, 5) is 6.23. The van der Waals surface area contributed by atoms with E-state index in [9.17, 15) is 16.8 Å². The van der Waals surface area contributed by atoms with Crippen molar-refractivity contribution in [2.24, 2.45) is 0 Å². The van der Waals surface area contributed by atoms with Gasteiger partial charge in [-0.05, 0) is 48.7 Å². The molecule has 28 heavy (non-hydrogen) atoms. The Morgan fingerprint density at radius 2 is 1.57 bits per heavy atom. The average Bonchev–Trinajstić information content (AvgIpc) is 3.22. The van der Waals surface area contributed by atoms with Gasteiger partial charge in [-0.2, -0.15) is 4.31 Å². The lowest BCUT2D eigenvalue weighted by Gasteiger charge is -2.15. The number of anilines is 1. The van der Waals surface area contributed by atoms with Gasteiger partial charge in [-0.15, -0.1) is 0 Å². The van der Waals surface area contributed by atoms with Crippen molar-refractivity contribution in [2.75, 3.05) is 32.1 Å². The SMILES string of the molecule is CN(C)c1ccc(CNS(=O)(=O)c2ccc(S(=O)(=O)N3CCCC3)cc2)cn1. The Kier molecular flexibility index (Phi) is 6.04. The summed E-state index contributed by atoms with van der Waals surface area (Å²) in [7, 11) is -3.58. The molecule has 0 atom stereocenters. The molecule has 1 N–H and O–H groups in total. The lowest BCUT2D eigenvalue weighted by atomic mass is 10.3. The molecule has 0 amide bonds. The first-order chi connectivity index (χ1) is 13.2. The molecule has 152 valence electrons. The molecule has 0 bridgehead atoms. The fourth-order valence-corrected chi connectivity index (χ4v) is 5.45. The second-order valence-corrected chi connectivity index (χ2v) is 10.5. The van der Waals surface area contributed by atoms with Crippen LogP contribution in [0.3, 0.4) is 0 Å². The van der Waals surface area contributed by atoms with E-state index in [-0.39, 0.29) is 16.3 Å². The van der Waals surface area contributed by atoms with E-state index < -0.39 is 20.0 Å². The van der Waals surface area contributed by atoms with Crippen LogP contribution >= 0.6 is 0 Å². The van der Waals surface area contributed by atoms with Crippen LogP contribution in [0.4, 0.5) is 5.82 Å². The highest BCUT2D eigenvalue weighted by Crippen LogP contribution is 2.22. The number of nitrogens with zero attached hydrogens (tertiary/aromatic N) is 3. The van der Waals surface area contributed by atoms with Crippen LogP contribution < -0.4 is 9.62 Å². The van der Waals surface area contributed by atoms with E-state index in [2.05, 4.69) is 9.71 Å². The van der Waals surface area contributed by atoms with Gasteiger partial charge >= 0.3 is 0 Å². The van der Waals surface area contributed by atoms with Crippen LogP contribution in [-0.4, -0.2) is 53.3 Å². The number of hydrogen-bond donors (Lipinski definition) is 1. The Hall–Kier alpha value is -2.01. The van der Waals surface area contributed by atoms with Crippen LogP contribution in [0.25, 0.3) is 0 Å². The van der Waals surface area contributed by atoms with E-state index in [4.69, 9.17) is 0 Å². The number of hydrogen-bond acceptors (Lipinski definition) is 6. The Morgan fingerprint density at radius 1 is 0.964 bits per heavy atom. The first-order valence-corrected chi connectivity index (χ1v) is 11.8. The first kappa shape index (κ1) is 20.7. The smallest absolute Gasteiger partial charge is 0.243 e. The van der Waals surface area contributed by atoms with Crippen LogP contribution in [-0.2, 0) is 26.6 Å². The number of sulfonamides is 2. The maximum absolute atomic E-state index is 12.5. The molecule has 0 saturated carbocycles. The van der Waals surface area contributed by atoms with Crippen molar-refractivity contribution in [1.29, 1.82) is 0 Å². The summed E-state index contributed by atoms with van der Waals surface area (Å²) < 4.78 is 54.0. The summed E-state index contributed by atoms with van der Waals surface area (Å²) in [6.07, 6.45) is 3.31. The van der Waals surface area contributed by atoms with Crippen molar-refractivity contribution in [1.82, 2.24) is 14.0 Å². The van der Waals surface area contributed by atoms with E-state index in [0.717, 1.165) is 24.2 Å². The summed E-state index contributed by atoms with van der Waals surface area (Å²) in [6, 6.07) is 8.93. The molecule has 0 unspecified atom stereocenters. The fraction of sp³-hybridized carbons (Fsp3) is 0.389. The van der Waals surface area contributed by atoms with Gasteiger partial charge in [0.15, 0.2) is 0 Å². The molecule has 1 aliphatic heterocycles. The monoisotopic (exact) mass is 424 g/mol. The highest BCUT2D eigenvalue weighted by molar-refractivity contribution is 7.89. The number of nitrogens with one attached hydrogen (secondary N) is 1. The predicted octanol–water partition coefficient (Wildman–Crippen LogP) is 1.41. The molecule has 2 aromatic rings. The molecule has 2 heterocycles. The minimum Gasteiger partial charge on any atom is -0.363 e. The first-order valence-electron chi connectivity index (χ1n) is 8.92. The van der Waals surface area contributed by atoms with Crippen LogP contribution in [0.1, 0.15) is 18.4 Å². The van der Waals surface area contributed by atoms with Crippen LogP contribution in [0.2, 0.25) is 0 Å². The summed E-state index contributed by atoms with van der Waals surface area (Å²) >= 11 is 0. The number of aromatic nitrogens is 1.